The molecular formula is C10H16O2. The van der Waals surface area contributed by atoms with E-state index in [9.17, 15) is 9.59 Å². The molecule has 1 aliphatic carbocycles. The van der Waals surface area contributed by atoms with Gasteiger partial charge in [-0.1, -0.05) is 13.8 Å². The van der Waals surface area contributed by atoms with Gasteiger partial charge >= 0.3 is 0 Å². The van der Waals surface area contributed by atoms with Crippen molar-refractivity contribution in [1.29, 1.82) is 0 Å². The van der Waals surface area contributed by atoms with Gasteiger partial charge in [0.2, 0.25) is 0 Å². The first-order valence-corrected chi connectivity index (χ1v) is 4.64. The zero-order valence-corrected chi connectivity index (χ0v) is 7.80. The summed E-state index contributed by atoms with van der Waals surface area (Å²) in [5.41, 5.74) is 0. The highest BCUT2D eigenvalue weighted by molar-refractivity contribution is 5.91. The van der Waals surface area contributed by atoms with Gasteiger partial charge in [-0.25, -0.2) is 0 Å². The van der Waals surface area contributed by atoms with Gasteiger partial charge in [-0.2, -0.15) is 0 Å². The van der Waals surface area contributed by atoms with E-state index in [2.05, 4.69) is 0 Å². The van der Waals surface area contributed by atoms with Gasteiger partial charge in [-0.05, 0) is 12.3 Å². The minimum Gasteiger partial charge on any atom is -0.300 e. The van der Waals surface area contributed by atoms with Crippen molar-refractivity contribution in [3.8, 4) is 0 Å². The third kappa shape index (κ3) is 2.43. The summed E-state index contributed by atoms with van der Waals surface area (Å²) in [7, 11) is 0. The fourth-order valence-electron chi connectivity index (χ4n) is 1.66. The summed E-state index contributed by atoms with van der Waals surface area (Å²) in [4.78, 5) is 22.3. The second kappa shape index (κ2) is 3.83. The fourth-order valence-corrected chi connectivity index (χ4v) is 1.66. The van der Waals surface area contributed by atoms with Crippen LogP contribution in [0.5, 0.6) is 0 Å². The highest BCUT2D eigenvalue weighted by atomic mass is 16.1. The predicted molar refractivity (Wildman–Crippen MR) is 46.8 cm³/mol. The maximum atomic E-state index is 11.4. The molecule has 2 heteroatoms. The Balaban J connectivity index is 2.38. The molecular weight excluding hydrogens is 152 g/mol. The summed E-state index contributed by atoms with van der Waals surface area (Å²) >= 11 is 0. The minimum absolute atomic E-state index is 0.0555. The number of hydrogen-bond donors (Lipinski definition) is 0. The van der Waals surface area contributed by atoms with Gasteiger partial charge in [0.15, 0.2) is 0 Å². The van der Waals surface area contributed by atoms with E-state index in [-0.39, 0.29) is 17.5 Å². The highest BCUT2D eigenvalue weighted by Crippen LogP contribution is 2.24. The fraction of sp³-hybridized carbons (Fsp3) is 0.800. The standard InChI is InChI=1S/C10H16O2/c1-7(2)5-10(12)8-3-4-9(11)6-8/h7-8H,3-6H2,1-2H3. The third-order valence-electron chi connectivity index (χ3n) is 2.31. The zero-order chi connectivity index (χ0) is 9.14. The van der Waals surface area contributed by atoms with E-state index in [0.717, 1.165) is 6.42 Å². The van der Waals surface area contributed by atoms with Crippen LogP contribution in [-0.2, 0) is 9.59 Å². The molecule has 0 aromatic rings. The molecule has 0 aromatic carbocycles. The van der Waals surface area contributed by atoms with Crippen molar-refractivity contribution in [2.45, 2.75) is 39.5 Å². The van der Waals surface area contributed by atoms with Gasteiger partial charge in [-0.15, -0.1) is 0 Å². The molecule has 1 unspecified atom stereocenters. The van der Waals surface area contributed by atoms with E-state index in [1.165, 1.54) is 0 Å². The lowest BCUT2D eigenvalue weighted by molar-refractivity contribution is -0.125. The lowest BCUT2D eigenvalue weighted by Gasteiger charge is -2.08. The first-order chi connectivity index (χ1) is 5.59. The molecule has 0 aliphatic heterocycles. The summed E-state index contributed by atoms with van der Waals surface area (Å²) < 4.78 is 0. The lowest BCUT2D eigenvalue weighted by atomic mass is 9.95. The summed E-state index contributed by atoms with van der Waals surface area (Å²) in [6.07, 6.45) is 2.56. The molecule has 0 bridgehead atoms. The van der Waals surface area contributed by atoms with Crippen molar-refractivity contribution >= 4 is 11.6 Å². The van der Waals surface area contributed by atoms with E-state index < -0.39 is 0 Å². The van der Waals surface area contributed by atoms with E-state index >= 15 is 0 Å². The van der Waals surface area contributed by atoms with E-state index in [1.807, 2.05) is 13.8 Å². The minimum atomic E-state index is 0.0555. The van der Waals surface area contributed by atoms with E-state index in [4.69, 9.17) is 0 Å². The SMILES string of the molecule is CC(C)CC(=O)C1CCC(=O)C1. The van der Waals surface area contributed by atoms with Crippen LogP contribution in [0.1, 0.15) is 39.5 Å². The first kappa shape index (κ1) is 9.43. The molecule has 68 valence electrons. The molecule has 0 radical (unpaired) electrons. The Morgan fingerprint density at radius 2 is 2.25 bits per heavy atom. The van der Waals surface area contributed by atoms with Gasteiger partial charge in [0.25, 0.3) is 0 Å². The maximum absolute atomic E-state index is 11.4. The van der Waals surface area contributed by atoms with Crippen LogP contribution in [-0.4, -0.2) is 11.6 Å². The number of carbonyl (C=O) groups excluding carboxylic acids is 2. The normalized spacial score (nSPS) is 23.6. The maximum Gasteiger partial charge on any atom is 0.136 e. The number of rotatable bonds is 3. The molecule has 0 aromatic heterocycles. The van der Waals surface area contributed by atoms with Crippen LogP contribution in [0, 0.1) is 11.8 Å². The first-order valence-electron chi connectivity index (χ1n) is 4.64. The summed E-state index contributed by atoms with van der Waals surface area (Å²) in [6, 6.07) is 0. The van der Waals surface area contributed by atoms with Crippen molar-refractivity contribution in [3.63, 3.8) is 0 Å². The topological polar surface area (TPSA) is 34.1 Å². The molecule has 1 aliphatic rings. The van der Waals surface area contributed by atoms with Crippen LogP contribution < -0.4 is 0 Å². The summed E-state index contributed by atoms with van der Waals surface area (Å²) in [5, 5.41) is 0. The van der Waals surface area contributed by atoms with Gasteiger partial charge in [0.05, 0.1) is 0 Å². The summed E-state index contributed by atoms with van der Waals surface area (Å²) in [5.74, 6) is 1.03. The zero-order valence-electron chi connectivity index (χ0n) is 7.80. The second-order valence-corrected chi connectivity index (χ2v) is 4.04. The molecule has 0 amide bonds. The Kier molecular flexibility index (Phi) is 3.01. The Labute approximate surface area is 73.3 Å². The molecule has 0 N–H and O–H groups in total. The Morgan fingerprint density at radius 1 is 1.58 bits per heavy atom. The Bertz CT molecular complexity index is 194. The molecule has 1 atom stereocenters. The predicted octanol–water partition coefficient (Wildman–Crippen LogP) is 1.97. The number of carbonyl (C=O) groups is 2. The highest BCUT2D eigenvalue weighted by Gasteiger charge is 2.27. The monoisotopic (exact) mass is 168 g/mol. The average molecular weight is 168 g/mol. The molecule has 1 fully saturated rings. The molecule has 0 saturated heterocycles. The van der Waals surface area contributed by atoms with Crippen LogP contribution in [0.25, 0.3) is 0 Å². The molecule has 12 heavy (non-hydrogen) atoms. The van der Waals surface area contributed by atoms with E-state index in [1.54, 1.807) is 0 Å². The Hall–Kier alpha value is -0.660. The smallest absolute Gasteiger partial charge is 0.136 e. The van der Waals surface area contributed by atoms with Gasteiger partial charge in [-0.3, -0.25) is 9.59 Å². The van der Waals surface area contributed by atoms with Crippen molar-refractivity contribution in [2.75, 3.05) is 0 Å². The largest absolute Gasteiger partial charge is 0.300 e. The quantitative estimate of drug-likeness (QED) is 0.645. The second-order valence-electron chi connectivity index (χ2n) is 4.04. The number of hydrogen-bond acceptors (Lipinski definition) is 2. The molecule has 2 nitrogen and oxygen atoms in total. The lowest BCUT2D eigenvalue weighted by Crippen LogP contribution is -2.13. The van der Waals surface area contributed by atoms with Gasteiger partial charge in [0.1, 0.15) is 11.6 Å². The van der Waals surface area contributed by atoms with Crippen molar-refractivity contribution in [3.05, 3.63) is 0 Å². The van der Waals surface area contributed by atoms with Crippen LogP contribution in [0.15, 0.2) is 0 Å². The molecule has 0 heterocycles. The summed E-state index contributed by atoms with van der Waals surface area (Å²) in [6.45, 7) is 4.07. The van der Waals surface area contributed by atoms with Crippen LogP contribution in [0.2, 0.25) is 0 Å². The molecule has 1 saturated carbocycles. The average Bonchev–Trinajstić information content (AvgIpc) is 2.34. The van der Waals surface area contributed by atoms with Gasteiger partial charge < -0.3 is 0 Å². The van der Waals surface area contributed by atoms with Crippen molar-refractivity contribution in [2.24, 2.45) is 11.8 Å². The molecule has 1 rings (SSSR count). The number of Topliss-reactive ketones (excluding diaryl/α,β-unsaturated/α-hetero) is 2. The van der Waals surface area contributed by atoms with Crippen molar-refractivity contribution < 1.29 is 9.59 Å². The van der Waals surface area contributed by atoms with Crippen LogP contribution in [0.4, 0.5) is 0 Å². The van der Waals surface area contributed by atoms with Gasteiger partial charge in [0, 0.05) is 25.2 Å². The van der Waals surface area contributed by atoms with E-state index in [0.29, 0.717) is 25.2 Å². The Morgan fingerprint density at radius 3 is 2.67 bits per heavy atom. The number of ketones is 2. The van der Waals surface area contributed by atoms with Crippen LogP contribution in [0.3, 0.4) is 0 Å². The molecule has 0 spiro atoms. The third-order valence-corrected chi connectivity index (χ3v) is 2.31. The van der Waals surface area contributed by atoms with Crippen LogP contribution >= 0.6 is 0 Å². The van der Waals surface area contributed by atoms with Crippen molar-refractivity contribution in [1.82, 2.24) is 0 Å².